The second kappa shape index (κ2) is 7.45. The fourth-order valence-electron chi connectivity index (χ4n) is 2.51. The van der Waals surface area contributed by atoms with Crippen LogP contribution < -0.4 is 10.6 Å². The molecule has 1 aliphatic heterocycles. The standard InChI is InChI=1S/C17H22N2O5S/c1-3-4-11-25(23,24)13-7-5-12(6-8-13)15(21)19-17(2)10-9-14(20)18-16(17)22/h5-8H,3-4,9-11H2,1-2H3,(H2-,18,19,20,21,22,23,24). The van der Waals surface area contributed by atoms with Gasteiger partial charge in [0.25, 0.3) is 11.8 Å². The van der Waals surface area contributed by atoms with Crippen LogP contribution in [0.15, 0.2) is 29.2 Å². The zero-order valence-electron chi connectivity index (χ0n) is 14.3. The largest absolute Gasteiger partial charge is 0.610 e. The lowest BCUT2D eigenvalue weighted by Gasteiger charge is -2.32. The van der Waals surface area contributed by atoms with Gasteiger partial charge in [0.1, 0.15) is 11.3 Å². The predicted octanol–water partition coefficient (Wildman–Crippen LogP) is 1.40. The van der Waals surface area contributed by atoms with Crippen molar-refractivity contribution in [3.8, 4) is 0 Å². The summed E-state index contributed by atoms with van der Waals surface area (Å²) in [6, 6.07) is 5.63. The van der Waals surface area contributed by atoms with Gasteiger partial charge in [0.2, 0.25) is 5.91 Å². The minimum Gasteiger partial charge on any atom is -0.610 e. The maximum atomic E-state index is 12.4. The first-order valence-corrected chi connectivity index (χ1v) is 9.83. The van der Waals surface area contributed by atoms with Crippen LogP contribution in [0.3, 0.4) is 0 Å². The van der Waals surface area contributed by atoms with Gasteiger partial charge in [0.15, 0.2) is 4.90 Å². The maximum Gasteiger partial charge on any atom is 0.252 e. The number of carbonyl (C=O) groups is 3. The quantitative estimate of drug-likeness (QED) is 0.583. The Kier molecular flexibility index (Phi) is 5.74. The van der Waals surface area contributed by atoms with Crippen molar-refractivity contribution in [2.45, 2.75) is 50.0 Å². The van der Waals surface area contributed by atoms with Gasteiger partial charge in [-0.2, -0.15) is 0 Å². The highest BCUT2D eigenvalue weighted by atomic mass is 32.3. The van der Waals surface area contributed by atoms with Crippen molar-refractivity contribution in [3.05, 3.63) is 29.8 Å². The molecular formula is C17H22N2O5S. The van der Waals surface area contributed by atoms with Crippen LogP contribution in [0.25, 0.3) is 0 Å². The van der Waals surface area contributed by atoms with Gasteiger partial charge >= 0.3 is 0 Å². The van der Waals surface area contributed by atoms with E-state index in [1.165, 1.54) is 24.3 Å². The minimum absolute atomic E-state index is 0.0707. The SMILES string of the molecule is CCCC[S+](=O)([O-])c1ccc(C(=O)NC2(C)CCC(=O)NC2=O)cc1. The van der Waals surface area contributed by atoms with Gasteiger partial charge in [-0.15, -0.1) is 4.21 Å². The Hall–Kier alpha value is -2.06. The number of piperidine rings is 1. The maximum absolute atomic E-state index is 12.4. The van der Waals surface area contributed by atoms with Crippen molar-refractivity contribution in [3.63, 3.8) is 0 Å². The summed E-state index contributed by atoms with van der Waals surface area (Å²) in [6.45, 7) is 3.47. The average Bonchev–Trinajstić information content (AvgIpc) is 2.57. The first-order chi connectivity index (χ1) is 11.7. The van der Waals surface area contributed by atoms with Crippen molar-refractivity contribution < 1.29 is 23.1 Å². The van der Waals surface area contributed by atoms with Gasteiger partial charge in [0.05, 0.1) is 10.2 Å². The van der Waals surface area contributed by atoms with E-state index in [1.54, 1.807) is 6.92 Å². The molecule has 136 valence electrons. The first kappa shape index (κ1) is 19.3. The van der Waals surface area contributed by atoms with Gasteiger partial charge in [-0.05, 0) is 44.0 Å². The topological polar surface area (TPSA) is 115 Å². The highest BCUT2D eigenvalue weighted by Gasteiger charge is 2.39. The third-order valence-corrected chi connectivity index (χ3v) is 6.05. The Labute approximate surface area is 147 Å². The van der Waals surface area contributed by atoms with Crippen LogP contribution in [-0.4, -0.2) is 33.6 Å². The number of amides is 3. The molecule has 1 fully saturated rings. The Morgan fingerprint density at radius 2 is 1.96 bits per heavy atom. The minimum atomic E-state index is -3.35. The lowest BCUT2D eigenvalue weighted by atomic mass is 9.90. The molecule has 25 heavy (non-hydrogen) atoms. The van der Waals surface area contributed by atoms with Crippen LogP contribution in [0.5, 0.6) is 0 Å². The summed E-state index contributed by atoms with van der Waals surface area (Å²) in [5.74, 6) is -1.33. The van der Waals surface area contributed by atoms with Crippen molar-refractivity contribution in [1.29, 1.82) is 0 Å². The van der Waals surface area contributed by atoms with Gasteiger partial charge in [0, 0.05) is 12.0 Å². The molecule has 0 spiro atoms. The number of imide groups is 1. The fourth-order valence-corrected chi connectivity index (χ4v) is 3.97. The van der Waals surface area contributed by atoms with E-state index in [9.17, 15) is 23.1 Å². The number of rotatable bonds is 6. The Bertz CT molecular complexity index is 731. The van der Waals surface area contributed by atoms with Gasteiger partial charge in [-0.1, -0.05) is 13.3 Å². The van der Waals surface area contributed by atoms with Crippen LogP contribution in [0, 0.1) is 0 Å². The smallest absolute Gasteiger partial charge is 0.252 e. The number of hydrogen-bond acceptors (Lipinski definition) is 5. The van der Waals surface area contributed by atoms with E-state index in [1.807, 2.05) is 6.92 Å². The van der Waals surface area contributed by atoms with Crippen LogP contribution in [-0.2, 0) is 24.0 Å². The molecule has 2 atom stereocenters. The molecule has 2 unspecified atom stereocenters. The monoisotopic (exact) mass is 366 g/mol. The average molecular weight is 366 g/mol. The zero-order chi connectivity index (χ0) is 18.7. The van der Waals surface area contributed by atoms with Crippen molar-refractivity contribution in [2.24, 2.45) is 0 Å². The molecule has 1 heterocycles. The summed E-state index contributed by atoms with van der Waals surface area (Å²) in [5, 5.41) is 4.83. The second-order valence-electron chi connectivity index (χ2n) is 6.36. The molecule has 2 N–H and O–H groups in total. The normalized spacial score (nSPS) is 22.8. The first-order valence-electron chi connectivity index (χ1n) is 8.17. The molecule has 7 nitrogen and oxygen atoms in total. The summed E-state index contributed by atoms with van der Waals surface area (Å²) in [4.78, 5) is 35.7. The molecule has 1 aromatic rings. The number of carbonyl (C=O) groups excluding carboxylic acids is 3. The van der Waals surface area contributed by atoms with Crippen LogP contribution in [0.1, 0.15) is 49.9 Å². The van der Waals surface area contributed by atoms with Crippen LogP contribution in [0.2, 0.25) is 0 Å². The second-order valence-corrected chi connectivity index (χ2v) is 8.47. The highest BCUT2D eigenvalue weighted by molar-refractivity contribution is 7.97. The Morgan fingerprint density at radius 1 is 1.32 bits per heavy atom. The van der Waals surface area contributed by atoms with E-state index < -0.39 is 27.6 Å². The van der Waals surface area contributed by atoms with Gasteiger partial charge < -0.3 is 9.87 Å². The molecule has 3 amide bonds. The Morgan fingerprint density at radius 3 is 2.52 bits per heavy atom. The summed E-state index contributed by atoms with van der Waals surface area (Å²) in [6.07, 6.45) is 1.73. The summed E-state index contributed by atoms with van der Waals surface area (Å²) in [7, 11) is -3.35. The summed E-state index contributed by atoms with van der Waals surface area (Å²) < 4.78 is 24.3. The lowest BCUT2D eigenvalue weighted by Crippen LogP contribution is -2.61. The van der Waals surface area contributed by atoms with E-state index in [-0.39, 0.29) is 35.0 Å². The molecule has 0 aliphatic carbocycles. The zero-order valence-corrected chi connectivity index (χ0v) is 15.1. The summed E-state index contributed by atoms with van der Waals surface area (Å²) >= 11 is 0. The third kappa shape index (κ3) is 4.52. The third-order valence-electron chi connectivity index (χ3n) is 4.24. The molecule has 0 bridgehead atoms. The molecule has 0 saturated carbocycles. The van der Waals surface area contributed by atoms with Crippen molar-refractivity contribution >= 4 is 27.9 Å². The predicted molar refractivity (Wildman–Crippen MR) is 91.6 cm³/mol. The Balaban J connectivity index is 2.09. The van der Waals surface area contributed by atoms with Crippen molar-refractivity contribution in [2.75, 3.05) is 5.75 Å². The van der Waals surface area contributed by atoms with E-state index in [0.29, 0.717) is 6.42 Å². The molecule has 0 aromatic heterocycles. The molecule has 1 saturated heterocycles. The highest BCUT2D eigenvalue weighted by Crippen LogP contribution is 2.21. The molecular weight excluding hydrogens is 344 g/mol. The molecule has 1 aliphatic rings. The number of sulfone groups is 1. The molecule has 1 aromatic carbocycles. The number of benzene rings is 1. The summed E-state index contributed by atoms with van der Waals surface area (Å²) in [5.41, 5.74) is -0.919. The van der Waals surface area contributed by atoms with Crippen molar-refractivity contribution in [1.82, 2.24) is 10.6 Å². The van der Waals surface area contributed by atoms with E-state index in [4.69, 9.17) is 0 Å². The lowest BCUT2D eigenvalue weighted by molar-refractivity contribution is -0.137. The number of hydrogen-bond donors (Lipinski definition) is 2. The van der Waals surface area contributed by atoms with E-state index in [0.717, 1.165) is 6.42 Å². The molecule has 0 radical (unpaired) electrons. The molecule has 2 rings (SSSR count). The number of nitrogens with one attached hydrogen (secondary N) is 2. The van der Waals surface area contributed by atoms with E-state index >= 15 is 0 Å². The van der Waals surface area contributed by atoms with Gasteiger partial charge in [-0.25, -0.2) is 0 Å². The van der Waals surface area contributed by atoms with E-state index in [2.05, 4.69) is 10.6 Å². The number of unbranched alkanes of at least 4 members (excludes halogenated alkanes) is 1. The van der Waals surface area contributed by atoms with Crippen LogP contribution >= 0.6 is 0 Å². The van der Waals surface area contributed by atoms with Crippen LogP contribution in [0.4, 0.5) is 0 Å². The molecule has 8 heteroatoms. The van der Waals surface area contributed by atoms with Gasteiger partial charge in [-0.3, -0.25) is 19.7 Å². The fraction of sp³-hybridized carbons (Fsp3) is 0.471.